The average Bonchev–Trinajstić information content (AvgIpc) is 3.45. The number of amides is 1. The van der Waals surface area contributed by atoms with Gasteiger partial charge in [-0.3, -0.25) is 9.48 Å². The molecule has 2 aromatic rings. The van der Waals surface area contributed by atoms with Crippen LogP contribution in [0.2, 0.25) is 0 Å². The minimum atomic E-state index is -0.455. The second-order valence-electron chi connectivity index (χ2n) is 7.97. The Morgan fingerprint density at radius 1 is 1.26 bits per heavy atom. The summed E-state index contributed by atoms with van der Waals surface area (Å²) in [7, 11) is 4.02. The third kappa shape index (κ3) is 4.00. The van der Waals surface area contributed by atoms with Gasteiger partial charge in [0, 0.05) is 32.9 Å². The monoisotopic (exact) mass is 368 g/mol. The summed E-state index contributed by atoms with van der Waals surface area (Å²) >= 11 is 0. The number of carbonyl (C=O) groups is 1. The Bertz CT molecular complexity index is 808. The lowest BCUT2D eigenvalue weighted by molar-refractivity contribution is -0.131. The number of aliphatic hydroxyl groups excluding tert-OH is 1. The molecule has 1 aromatic heterocycles. The zero-order valence-corrected chi connectivity index (χ0v) is 16.1. The van der Waals surface area contributed by atoms with E-state index in [-0.39, 0.29) is 5.91 Å². The molecule has 0 unspecified atom stereocenters. The predicted molar refractivity (Wildman–Crippen MR) is 104 cm³/mol. The van der Waals surface area contributed by atoms with Crippen LogP contribution in [0, 0.1) is 5.92 Å². The van der Waals surface area contributed by atoms with Gasteiger partial charge in [0.2, 0.25) is 5.91 Å². The van der Waals surface area contributed by atoms with Gasteiger partial charge in [-0.15, -0.1) is 0 Å². The highest BCUT2D eigenvalue weighted by Crippen LogP contribution is 2.40. The number of benzene rings is 1. The van der Waals surface area contributed by atoms with Crippen LogP contribution in [0.1, 0.15) is 42.3 Å². The number of anilines is 1. The zero-order chi connectivity index (χ0) is 19.0. The number of aromatic nitrogens is 2. The molecule has 6 heteroatoms. The summed E-state index contributed by atoms with van der Waals surface area (Å²) in [5.41, 5.74) is 3.96. The van der Waals surface area contributed by atoms with Crippen molar-refractivity contribution in [1.29, 1.82) is 0 Å². The molecule has 2 aliphatic rings. The Kier molecular flexibility index (Phi) is 4.91. The summed E-state index contributed by atoms with van der Waals surface area (Å²) < 4.78 is 1.97. The van der Waals surface area contributed by atoms with E-state index in [1.807, 2.05) is 54.0 Å². The minimum absolute atomic E-state index is 0.145. The number of aryl methyl sites for hydroxylation is 1. The molecule has 0 saturated heterocycles. The van der Waals surface area contributed by atoms with Crippen molar-refractivity contribution >= 4 is 11.6 Å². The third-order valence-electron chi connectivity index (χ3n) is 5.57. The van der Waals surface area contributed by atoms with Crippen LogP contribution in [0.25, 0.3) is 0 Å². The molecule has 0 bridgehead atoms. The normalized spacial score (nSPS) is 18.0. The largest absolute Gasteiger partial charge is 0.386 e. The number of fused-ring (bicyclic) bond motifs is 1. The van der Waals surface area contributed by atoms with Gasteiger partial charge < -0.3 is 14.9 Å². The molecule has 1 aliphatic carbocycles. The Morgan fingerprint density at radius 3 is 2.67 bits per heavy atom. The number of nitrogens with zero attached hydrogens (tertiary/aromatic N) is 4. The summed E-state index contributed by atoms with van der Waals surface area (Å²) in [6.07, 6.45) is 3.02. The fraction of sp³-hybridized carbons (Fsp3) is 0.524. The van der Waals surface area contributed by atoms with Crippen molar-refractivity contribution in [1.82, 2.24) is 14.7 Å². The van der Waals surface area contributed by atoms with Crippen molar-refractivity contribution in [2.75, 3.05) is 25.5 Å². The standard InChI is InChI=1S/C21H28N4O2/c1-23(2)17-8-4-15(5-9-17)12-20(26)24-10-3-11-25-18(14-24)13-19(22-25)21(27)16-6-7-16/h4-5,8-9,13,16,21,27H,3,6-7,10-12,14H2,1-2H3/t21-/m0/s1. The van der Waals surface area contributed by atoms with Crippen LogP contribution in [-0.4, -0.2) is 46.3 Å². The molecule has 0 radical (unpaired) electrons. The Morgan fingerprint density at radius 2 is 2.00 bits per heavy atom. The van der Waals surface area contributed by atoms with Gasteiger partial charge in [-0.2, -0.15) is 5.10 Å². The molecule has 0 spiro atoms. The third-order valence-corrected chi connectivity index (χ3v) is 5.57. The lowest BCUT2D eigenvalue weighted by atomic mass is 10.1. The van der Waals surface area contributed by atoms with Crippen LogP contribution in [0.5, 0.6) is 0 Å². The van der Waals surface area contributed by atoms with Crippen molar-refractivity contribution in [2.45, 2.75) is 44.9 Å². The molecule has 4 rings (SSSR count). The highest BCUT2D eigenvalue weighted by molar-refractivity contribution is 5.79. The molecule has 1 saturated carbocycles. The topological polar surface area (TPSA) is 61.6 Å². The molecule has 1 amide bonds. The van der Waals surface area contributed by atoms with E-state index in [9.17, 15) is 9.90 Å². The highest BCUT2D eigenvalue weighted by Gasteiger charge is 2.33. The maximum Gasteiger partial charge on any atom is 0.227 e. The van der Waals surface area contributed by atoms with Crippen LogP contribution in [0.15, 0.2) is 30.3 Å². The first kappa shape index (κ1) is 18.0. The predicted octanol–water partition coefficient (Wildman–Crippen LogP) is 2.37. The first-order valence-corrected chi connectivity index (χ1v) is 9.80. The van der Waals surface area contributed by atoms with Gasteiger partial charge in [-0.25, -0.2) is 0 Å². The van der Waals surface area contributed by atoms with Crippen molar-refractivity contribution in [3.63, 3.8) is 0 Å². The van der Waals surface area contributed by atoms with E-state index in [2.05, 4.69) is 10.00 Å². The summed E-state index contributed by atoms with van der Waals surface area (Å²) in [5, 5.41) is 15.0. The second kappa shape index (κ2) is 7.35. The van der Waals surface area contributed by atoms with Crippen LogP contribution in [-0.2, 0) is 24.3 Å². The first-order chi connectivity index (χ1) is 13.0. The maximum atomic E-state index is 12.8. The summed E-state index contributed by atoms with van der Waals surface area (Å²) in [5.74, 6) is 0.513. The van der Waals surface area contributed by atoms with Crippen LogP contribution in [0.3, 0.4) is 0 Å². The van der Waals surface area contributed by atoms with Gasteiger partial charge in [0.05, 0.1) is 24.4 Å². The number of hydrogen-bond acceptors (Lipinski definition) is 4. The molecule has 6 nitrogen and oxygen atoms in total. The summed E-state index contributed by atoms with van der Waals surface area (Å²) in [4.78, 5) is 16.8. The van der Waals surface area contributed by atoms with E-state index in [1.165, 1.54) is 0 Å². The second-order valence-corrected chi connectivity index (χ2v) is 7.97. The molecule has 1 atom stereocenters. The molecule has 1 aromatic carbocycles. The van der Waals surface area contributed by atoms with E-state index in [4.69, 9.17) is 0 Å². The zero-order valence-electron chi connectivity index (χ0n) is 16.1. The van der Waals surface area contributed by atoms with Crippen molar-refractivity contribution < 1.29 is 9.90 Å². The lowest BCUT2D eigenvalue weighted by Crippen LogP contribution is -2.32. The molecule has 27 heavy (non-hydrogen) atoms. The van der Waals surface area contributed by atoms with E-state index in [1.54, 1.807) is 0 Å². The van der Waals surface area contributed by atoms with Crippen LogP contribution in [0.4, 0.5) is 5.69 Å². The fourth-order valence-corrected chi connectivity index (χ4v) is 3.69. The van der Waals surface area contributed by atoms with Crippen molar-refractivity contribution in [3.8, 4) is 0 Å². The van der Waals surface area contributed by atoms with Gasteiger partial charge in [0.25, 0.3) is 0 Å². The van der Waals surface area contributed by atoms with Crippen LogP contribution >= 0.6 is 0 Å². The Hall–Kier alpha value is -2.34. The summed E-state index contributed by atoms with van der Waals surface area (Å²) in [6.45, 7) is 2.12. The van der Waals surface area contributed by atoms with E-state index < -0.39 is 6.10 Å². The molecule has 1 N–H and O–H groups in total. The Labute approximate surface area is 160 Å². The lowest BCUT2D eigenvalue weighted by Gasteiger charge is -2.20. The molecule has 144 valence electrons. The van der Waals surface area contributed by atoms with Gasteiger partial charge in [-0.1, -0.05) is 12.1 Å². The molecule has 1 aliphatic heterocycles. The minimum Gasteiger partial charge on any atom is -0.386 e. The van der Waals surface area contributed by atoms with E-state index in [0.29, 0.717) is 18.9 Å². The van der Waals surface area contributed by atoms with E-state index in [0.717, 1.165) is 55.0 Å². The smallest absolute Gasteiger partial charge is 0.227 e. The van der Waals surface area contributed by atoms with Crippen LogP contribution < -0.4 is 4.90 Å². The average molecular weight is 368 g/mol. The summed E-state index contributed by atoms with van der Waals surface area (Å²) in [6, 6.07) is 10.1. The van der Waals surface area contributed by atoms with Gasteiger partial charge in [0.1, 0.15) is 6.10 Å². The molecule has 2 heterocycles. The van der Waals surface area contributed by atoms with Crippen molar-refractivity contribution in [3.05, 3.63) is 47.3 Å². The van der Waals surface area contributed by atoms with E-state index >= 15 is 0 Å². The van der Waals surface area contributed by atoms with Crippen molar-refractivity contribution in [2.24, 2.45) is 5.92 Å². The van der Waals surface area contributed by atoms with Gasteiger partial charge in [0.15, 0.2) is 0 Å². The highest BCUT2D eigenvalue weighted by atomic mass is 16.3. The maximum absolute atomic E-state index is 12.8. The first-order valence-electron chi connectivity index (χ1n) is 9.80. The molecular formula is C21H28N4O2. The number of rotatable bonds is 5. The SMILES string of the molecule is CN(C)c1ccc(CC(=O)N2CCCn3nc([C@@H](O)C4CC4)cc3C2)cc1. The molecular weight excluding hydrogens is 340 g/mol. The number of aliphatic hydroxyl groups is 1. The van der Waals surface area contributed by atoms with Gasteiger partial charge >= 0.3 is 0 Å². The quantitative estimate of drug-likeness (QED) is 0.880. The number of carbonyl (C=O) groups excluding carboxylic acids is 1. The molecule has 1 fully saturated rings. The Balaban J connectivity index is 1.43. The fourth-order valence-electron chi connectivity index (χ4n) is 3.69. The van der Waals surface area contributed by atoms with Gasteiger partial charge in [-0.05, 0) is 48.9 Å². The number of hydrogen-bond donors (Lipinski definition) is 1.